The van der Waals surface area contributed by atoms with Gasteiger partial charge in [-0.2, -0.15) is 23.4 Å². The minimum absolute atomic E-state index is 0.0294. The Balaban J connectivity index is 2.94. The highest BCUT2D eigenvalue weighted by atomic mass is 19.4. The lowest BCUT2D eigenvalue weighted by Gasteiger charge is -2.21. The number of nitrogens with one attached hydrogen (secondary N) is 1. The van der Waals surface area contributed by atoms with Gasteiger partial charge in [0.1, 0.15) is 0 Å². The molecular formula is C14H22F3N3. The van der Waals surface area contributed by atoms with Crippen LogP contribution in [0.3, 0.4) is 0 Å². The fraction of sp³-hybridized carbons (Fsp3) is 0.714. The van der Waals surface area contributed by atoms with Crippen molar-refractivity contribution in [2.24, 2.45) is 0 Å². The molecule has 1 unspecified atom stereocenters. The zero-order valence-electron chi connectivity index (χ0n) is 12.2. The molecule has 114 valence electrons. The molecule has 1 aromatic heterocycles. The molecule has 0 aliphatic rings. The quantitative estimate of drug-likeness (QED) is 0.831. The summed E-state index contributed by atoms with van der Waals surface area (Å²) < 4.78 is 37.4. The normalized spacial score (nSPS) is 13.5. The number of hydrogen-bond donors (Lipinski definition) is 1. The molecule has 0 aliphatic heterocycles. The van der Waals surface area contributed by atoms with Crippen molar-refractivity contribution in [3.63, 3.8) is 0 Å². The van der Waals surface area contributed by atoms with E-state index in [1.807, 2.05) is 19.9 Å². The van der Waals surface area contributed by atoms with Crippen LogP contribution in [0.2, 0.25) is 0 Å². The van der Waals surface area contributed by atoms with E-state index < -0.39 is 12.6 Å². The summed E-state index contributed by atoms with van der Waals surface area (Å²) in [4.78, 5) is 0. The van der Waals surface area contributed by atoms with Gasteiger partial charge in [0.25, 0.3) is 0 Å². The first-order valence-electron chi connectivity index (χ1n) is 7.00. The van der Waals surface area contributed by atoms with Gasteiger partial charge in [0.15, 0.2) is 0 Å². The molecule has 3 nitrogen and oxygen atoms in total. The molecule has 0 aliphatic carbocycles. The first-order valence-corrected chi connectivity index (χ1v) is 7.00. The molecule has 0 aromatic carbocycles. The molecule has 1 atom stereocenters. The van der Waals surface area contributed by atoms with Gasteiger partial charge in [-0.1, -0.05) is 13.8 Å². The molecular weight excluding hydrogens is 267 g/mol. The Kier molecular flexibility index (Phi) is 6.39. The first-order chi connectivity index (χ1) is 9.37. The number of alkyl halides is 3. The molecule has 20 heavy (non-hydrogen) atoms. The van der Waals surface area contributed by atoms with Gasteiger partial charge in [0.2, 0.25) is 0 Å². The summed E-state index contributed by atoms with van der Waals surface area (Å²) in [6, 6.07) is 1.52. The lowest BCUT2D eigenvalue weighted by atomic mass is 9.98. The lowest BCUT2D eigenvalue weighted by Crippen LogP contribution is -2.25. The third-order valence-corrected chi connectivity index (χ3v) is 3.09. The van der Waals surface area contributed by atoms with Gasteiger partial charge < -0.3 is 5.32 Å². The van der Waals surface area contributed by atoms with Crippen LogP contribution in [0, 0.1) is 6.92 Å². The van der Waals surface area contributed by atoms with Crippen LogP contribution in [0.4, 0.5) is 13.2 Å². The minimum Gasteiger partial charge on any atom is -0.310 e. The van der Waals surface area contributed by atoms with Crippen molar-refractivity contribution in [2.75, 3.05) is 6.54 Å². The number of hydrogen-bond acceptors (Lipinski definition) is 3. The van der Waals surface area contributed by atoms with E-state index in [2.05, 4.69) is 15.5 Å². The Morgan fingerprint density at radius 3 is 2.50 bits per heavy atom. The van der Waals surface area contributed by atoms with Crippen LogP contribution in [0.5, 0.6) is 0 Å². The summed E-state index contributed by atoms with van der Waals surface area (Å²) in [6.45, 7) is 6.41. The third-order valence-electron chi connectivity index (χ3n) is 3.09. The average Bonchev–Trinajstić information content (AvgIpc) is 2.37. The predicted octanol–water partition coefficient (Wildman–Crippen LogP) is 3.73. The summed E-state index contributed by atoms with van der Waals surface area (Å²) in [5.74, 6) is 0. The molecule has 0 saturated heterocycles. The fourth-order valence-corrected chi connectivity index (χ4v) is 2.10. The minimum atomic E-state index is -4.13. The Labute approximate surface area is 118 Å². The SMILES string of the molecule is CCCNC(CCC(F)(F)F)c1cc(C)nnc1CC. The number of halogens is 3. The Hall–Kier alpha value is -1.17. The molecule has 0 fully saturated rings. The summed E-state index contributed by atoms with van der Waals surface area (Å²) in [6.07, 6.45) is -3.35. The maximum absolute atomic E-state index is 12.5. The number of aryl methyl sites for hydroxylation is 2. The van der Waals surface area contributed by atoms with Crippen LogP contribution < -0.4 is 5.32 Å². The average molecular weight is 289 g/mol. The highest BCUT2D eigenvalue weighted by Crippen LogP contribution is 2.29. The van der Waals surface area contributed by atoms with Crippen molar-refractivity contribution in [3.8, 4) is 0 Å². The lowest BCUT2D eigenvalue weighted by molar-refractivity contribution is -0.136. The molecule has 0 bridgehead atoms. The highest BCUT2D eigenvalue weighted by molar-refractivity contribution is 5.24. The Bertz CT molecular complexity index is 419. The second kappa shape index (κ2) is 7.57. The van der Waals surface area contributed by atoms with E-state index in [0.29, 0.717) is 13.0 Å². The Morgan fingerprint density at radius 2 is 1.95 bits per heavy atom. The summed E-state index contributed by atoms with van der Waals surface area (Å²) in [7, 11) is 0. The summed E-state index contributed by atoms with van der Waals surface area (Å²) >= 11 is 0. The van der Waals surface area contributed by atoms with Crippen molar-refractivity contribution in [1.29, 1.82) is 0 Å². The van der Waals surface area contributed by atoms with E-state index in [0.717, 1.165) is 23.4 Å². The van der Waals surface area contributed by atoms with E-state index in [4.69, 9.17) is 0 Å². The van der Waals surface area contributed by atoms with E-state index in [-0.39, 0.29) is 12.5 Å². The highest BCUT2D eigenvalue weighted by Gasteiger charge is 2.29. The first kappa shape index (κ1) is 16.9. The molecule has 0 radical (unpaired) electrons. The fourth-order valence-electron chi connectivity index (χ4n) is 2.10. The smallest absolute Gasteiger partial charge is 0.310 e. The molecule has 1 N–H and O–H groups in total. The number of rotatable bonds is 7. The van der Waals surface area contributed by atoms with Crippen LogP contribution in [-0.2, 0) is 6.42 Å². The zero-order valence-corrected chi connectivity index (χ0v) is 12.2. The van der Waals surface area contributed by atoms with Gasteiger partial charge in [-0.25, -0.2) is 0 Å². The van der Waals surface area contributed by atoms with Crippen LogP contribution in [0.15, 0.2) is 6.07 Å². The van der Waals surface area contributed by atoms with E-state index >= 15 is 0 Å². The maximum Gasteiger partial charge on any atom is 0.389 e. The molecule has 1 heterocycles. The van der Waals surface area contributed by atoms with Gasteiger partial charge in [0, 0.05) is 12.5 Å². The molecule has 0 saturated carbocycles. The van der Waals surface area contributed by atoms with Gasteiger partial charge in [-0.3, -0.25) is 0 Å². The van der Waals surface area contributed by atoms with Gasteiger partial charge in [0.05, 0.1) is 11.4 Å². The van der Waals surface area contributed by atoms with Crippen molar-refractivity contribution in [3.05, 3.63) is 23.0 Å². The van der Waals surface area contributed by atoms with Gasteiger partial charge in [-0.15, -0.1) is 0 Å². The standard InChI is InChI=1S/C14H22F3N3/c1-4-8-18-13(6-7-14(15,16)17)11-9-10(3)19-20-12(11)5-2/h9,13,18H,4-8H2,1-3H3. The molecule has 1 rings (SSSR count). The van der Waals surface area contributed by atoms with Crippen LogP contribution in [0.1, 0.15) is 56.1 Å². The molecule has 0 spiro atoms. The van der Waals surface area contributed by atoms with Crippen LogP contribution >= 0.6 is 0 Å². The summed E-state index contributed by atoms with van der Waals surface area (Å²) in [5, 5.41) is 11.3. The zero-order chi connectivity index (χ0) is 15.2. The van der Waals surface area contributed by atoms with Crippen molar-refractivity contribution < 1.29 is 13.2 Å². The van der Waals surface area contributed by atoms with E-state index in [1.54, 1.807) is 6.92 Å². The van der Waals surface area contributed by atoms with Gasteiger partial charge in [-0.05, 0) is 44.4 Å². The van der Waals surface area contributed by atoms with Gasteiger partial charge >= 0.3 is 6.18 Å². The van der Waals surface area contributed by atoms with Crippen LogP contribution in [0.25, 0.3) is 0 Å². The second-order valence-electron chi connectivity index (χ2n) is 4.90. The molecule has 6 heteroatoms. The van der Waals surface area contributed by atoms with E-state index in [9.17, 15) is 13.2 Å². The topological polar surface area (TPSA) is 37.8 Å². The van der Waals surface area contributed by atoms with Crippen molar-refractivity contribution in [1.82, 2.24) is 15.5 Å². The van der Waals surface area contributed by atoms with Crippen molar-refractivity contribution in [2.45, 2.75) is 58.7 Å². The van der Waals surface area contributed by atoms with Crippen molar-refractivity contribution >= 4 is 0 Å². The number of aromatic nitrogens is 2. The summed E-state index contributed by atoms with van der Waals surface area (Å²) in [5.41, 5.74) is 2.34. The maximum atomic E-state index is 12.5. The molecule has 0 amide bonds. The molecule has 1 aromatic rings. The third kappa shape index (κ3) is 5.45. The second-order valence-corrected chi connectivity index (χ2v) is 4.90. The Morgan fingerprint density at radius 1 is 1.25 bits per heavy atom. The number of nitrogens with zero attached hydrogens (tertiary/aromatic N) is 2. The largest absolute Gasteiger partial charge is 0.389 e. The van der Waals surface area contributed by atoms with E-state index in [1.165, 1.54) is 0 Å². The predicted molar refractivity (Wildman–Crippen MR) is 72.5 cm³/mol. The van der Waals surface area contributed by atoms with Crippen LogP contribution in [-0.4, -0.2) is 22.9 Å². The monoisotopic (exact) mass is 289 g/mol.